The first-order valence-corrected chi connectivity index (χ1v) is 10.7. The number of hydrogen-bond acceptors (Lipinski definition) is 5. The van der Waals surface area contributed by atoms with Crippen molar-refractivity contribution in [3.05, 3.63) is 92.6 Å². The summed E-state index contributed by atoms with van der Waals surface area (Å²) in [6.45, 7) is 3.51. The lowest BCUT2D eigenvalue weighted by atomic mass is 10.1. The fourth-order valence-electron chi connectivity index (χ4n) is 4.00. The minimum absolute atomic E-state index is 0.288. The summed E-state index contributed by atoms with van der Waals surface area (Å²) in [7, 11) is 3.03. The van der Waals surface area contributed by atoms with Crippen molar-refractivity contribution in [1.29, 1.82) is 0 Å². The Morgan fingerprint density at radius 1 is 0.882 bits per heavy atom. The molecule has 0 aliphatic heterocycles. The van der Waals surface area contributed by atoms with Gasteiger partial charge >= 0.3 is 5.69 Å². The first kappa shape index (κ1) is 22.8. The van der Waals surface area contributed by atoms with Crippen molar-refractivity contribution in [3.63, 3.8) is 0 Å². The predicted octanol–water partition coefficient (Wildman–Crippen LogP) is 3.43. The number of anilines is 1. The van der Waals surface area contributed by atoms with Gasteiger partial charge in [-0.1, -0.05) is 18.2 Å². The summed E-state index contributed by atoms with van der Waals surface area (Å²) in [5.41, 5.74) is 2.13. The minimum Gasteiger partial charge on any atom is -0.497 e. The van der Waals surface area contributed by atoms with E-state index in [2.05, 4.69) is 5.32 Å². The second kappa shape index (κ2) is 9.27. The molecule has 0 fully saturated rings. The summed E-state index contributed by atoms with van der Waals surface area (Å²) in [5.74, 6) is 0.592. The number of aromatic nitrogens is 2. The Morgan fingerprint density at radius 3 is 2.12 bits per heavy atom. The van der Waals surface area contributed by atoms with Gasteiger partial charge in [0.15, 0.2) is 0 Å². The Kier molecular flexibility index (Phi) is 6.23. The molecule has 8 heteroatoms. The molecule has 1 heterocycles. The summed E-state index contributed by atoms with van der Waals surface area (Å²) >= 11 is 0. The predicted molar refractivity (Wildman–Crippen MR) is 131 cm³/mol. The fraction of sp³-hybridized carbons (Fsp3) is 0.192. The molecule has 3 aromatic carbocycles. The minimum atomic E-state index is -0.591. The van der Waals surface area contributed by atoms with E-state index in [0.717, 1.165) is 15.7 Å². The number of nitrogens with zero attached hydrogens (tertiary/aromatic N) is 2. The van der Waals surface area contributed by atoms with Gasteiger partial charge in [-0.25, -0.2) is 9.36 Å². The van der Waals surface area contributed by atoms with E-state index in [0.29, 0.717) is 33.8 Å². The van der Waals surface area contributed by atoms with E-state index in [1.54, 1.807) is 54.6 Å². The average molecular weight is 460 g/mol. The van der Waals surface area contributed by atoms with Gasteiger partial charge in [0.2, 0.25) is 5.91 Å². The van der Waals surface area contributed by atoms with Gasteiger partial charge in [0.25, 0.3) is 5.56 Å². The maximum atomic E-state index is 13.5. The number of amides is 1. The Bertz CT molecular complexity index is 1480. The smallest absolute Gasteiger partial charge is 0.336 e. The molecule has 0 bridgehead atoms. The first-order valence-electron chi connectivity index (χ1n) is 10.7. The summed E-state index contributed by atoms with van der Waals surface area (Å²) in [6.07, 6.45) is 0. The van der Waals surface area contributed by atoms with Gasteiger partial charge in [-0.15, -0.1) is 0 Å². The SMILES string of the molecule is COc1cc(NC(=O)Cn2c(=O)n(-c3cc(C)cc(C)c3)c(=O)c3ccccc32)cc(OC)c1. The molecule has 1 N–H and O–H groups in total. The maximum absolute atomic E-state index is 13.5. The van der Waals surface area contributed by atoms with Gasteiger partial charge < -0.3 is 14.8 Å². The molecule has 4 rings (SSSR count). The van der Waals surface area contributed by atoms with Crippen LogP contribution in [0.15, 0.2) is 70.3 Å². The number of carbonyl (C=O) groups excluding carboxylic acids is 1. The third-order valence-electron chi connectivity index (χ3n) is 5.45. The van der Waals surface area contributed by atoms with Crippen LogP contribution in [0, 0.1) is 13.8 Å². The largest absolute Gasteiger partial charge is 0.497 e. The number of rotatable bonds is 6. The van der Waals surface area contributed by atoms with Crippen LogP contribution in [0.5, 0.6) is 11.5 Å². The second-order valence-corrected chi connectivity index (χ2v) is 8.02. The highest BCUT2D eigenvalue weighted by molar-refractivity contribution is 5.92. The van der Waals surface area contributed by atoms with E-state index in [1.807, 2.05) is 19.9 Å². The topological polar surface area (TPSA) is 91.6 Å². The molecule has 1 aromatic heterocycles. The van der Waals surface area contributed by atoms with Gasteiger partial charge in [0, 0.05) is 23.9 Å². The van der Waals surface area contributed by atoms with E-state index in [1.165, 1.54) is 18.8 Å². The molecule has 0 unspecified atom stereocenters. The summed E-state index contributed by atoms with van der Waals surface area (Å²) < 4.78 is 12.9. The lowest BCUT2D eigenvalue weighted by Gasteiger charge is -2.15. The van der Waals surface area contributed by atoms with Crippen molar-refractivity contribution in [2.24, 2.45) is 0 Å². The zero-order valence-corrected chi connectivity index (χ0v) is 19.4. The van der Waals surface area contributed by atoms with E-state index >= 15 is 0 Å². The van der Waals surface area contributed by atoms with Gasteiger partial charge in [0.05, 0.1) is 30.8 Å². The van der Waals surface area contributed by atoms with Crippen molar-refractivity contribution >= 4 is 22.5 Å². The van der Waals surface area contributed by atoms with Crippen molar-refractivity contribution in [2.45, 2.75) is 20.4 Å². The van der Waals surface area contributed by atoms with Crippen LogP contribution in [0.3, 0.4) is 0 Å². The van der Waals surface area contributed by atoms with E-state index < -0.39 is 17.2 Å². The Balaban J connectivity index is 1.81. The molecule has 0 spiro atoms. The zero-order chi connectivity index (χ0) is 24.4. The Morgan fingerprint density at radius 2 is 1.50 bits per heavy atom. The van der Waals surface area contributed by atoms with Crippen molar-refractivity contribution in [1.82, 2.24) is 9.13 Å². The average Bonchev–Trinajstić information content (AvgIpc) is 2.81. The normalized spacial score (nSPS) is 10.8. The number of fused-ring (bicyclic) bond motifs is 1. The number of hydrogen-bond donors (Lipinski definition) is 1. The van der Waals surface area contributed by atoms with Crippen molar-refractivity contribution in [3.8, 4) is 17.2 Å². The molecular weight excluding hydrogens is 434 g/mol. The van der Waals surface area contributed by atoms with Crippen LogP contribution in [-0.4, -0.2) is 29.3 Å². The Labute approximate surface area is 196 Å². The van der Waals surface area contributed by atoms with Crippen LogP contribution < -0.4 is 26.0 Å². The number of para-hydroxylation sites is 1. The molecule has 0 aliphatic carbocycles. The third-order valence-corrected chi connectivity index (χ3v) is 5.45. The third kappa shape index (κ3) is 4.43. The van der Waals surface area contributed by atoms with Crippen LogP contribution in [0.4, 0.5) is 5.69 Å². The van der Waals surface area contributed by atoms with E-state index in [9.17, 15) is 14.4 Å². The quantitative estimate of drug-likeness (QED) is 0.477. The maximum Gasteiger partial charge on any atom is 0.336 e. The summed E-state index contributed by atoms with van der Waals surface area (Å²) in [6, 6.07) is 17.3. The van der Waals surface area contributed by atoms with Crippen molar-refractivity contribution in [2.75, 3.05) is 19.5 Å². The van der Waals surface area contributed by atoms with Gasteiger partial charge in [-0.05, 0) is 49.2 Å². The van der Waals surface area contributed by atoms with Crippen LogP contribution in [0.25, 0.3) is 16.6 Å². The molecule has 0 saturated carbocycles. The molecule has 174 valence electrons. The number of benzene rings is 3. The molecule has 1 amide bonds. The molecule has 0 radical (unpaired) electrons. The van der Waals surface area contributed by atoms with Gasteiger partial charge in [-0.3, -0.25) is 14.2 Å². The Hall–Kier alpha value is -4.33. The molecular formula is C26H25N3O5. The molecule has 0 saturated heterocycles. The molecule has 0 aliphatic rings. The number of carbonyl (C=O) groups is 1. The lowest BCUT2D eigenvalue weighted by Crippen LogP contribution is -2.40. The summed E-state index contributed by atoms with van der Waals surface area (Å²) in [5, 5.41) is 3.12. The van der Waals surface area contributed by atoms with E-state index in [-0.39, 0.29) is 6.54 Å². The molecule has 4 aromatic rings. The molecule has 0 atom stereocenters. The van der Waals surface area contributed by atoms with Gasteiger partial charge in [0.1, 0.15) is 18.0 Å². The van der Waals surface area contributed by atoms with Crippen LogP contribution >= 0.6 is 0 Å². The highest BCUT2D eigenvalue weighted by atomic mass is 16.5. The highest BCUT2D eigenvalue weighted by Gasteiger charge is 2.17. The first-order chi connectivity index (χ1) is 16.3. The molecule has 8 nitrogen and oxygen atoms in total. The lowest BCUT2D eigenvalue weighted by molar-refractivity contribution is -0.116. The second-order valence-electron chi connectivity index (χ2n) is 8.02. The van der Waals surface area contributed by atoms with Crippen molar-refractivity contribution < 1.29 is 14.3 Å². The standard InChI is InChI=1S/C26H25N3O5/c1-16-9-17(2)11-19(10-16)29-25(31)22-7-5-6-8-23(22)28(26(29)32)15-24(30)27-18-12-20(33-3)14-21(13-18)34-4/h5-14H,15H2,1-4H3,(H,27,30). The number of nitrogens with one attached hydrogen (secondary N) is 1. The number of aryl methyl sites for hydroxylation is 2. The monoisotopic (exact) mass is 459 g/mol. The number of methoxy groups -OCH3 is 2. The highest BCUT2D eigenvalue weighted by Crippen LogP contribution is 2.25. The van der Waals surface area contributed by atoms with Gasteiger partial charge in [-0.2, -0.15) is 0 Å². The molecule has 34 heavy (non-hydrogen) atoms. The fourth-order valence-corrected chi connectivity index (χ4v) is 4.00. The summed E-state index contributed by atoms with van der Waals surface area (Å²) in [4.78, 5) is 39.8. The zero-order valence-electron chi connectivity index (χ0n) is 19.4. The number of ether oxygens (including phenoxy) is 2. The van der Waals surface area contributed by atoms with Crippen LogP contribution in [-0.2, 0) is 11.3 Å². The van der Waals surface area contributed by atoms with E-state index in [4.69, 9.17) is 9.47 Å². The van der Waals surface area contributed by atoms with Crippen LogP contribution in [0.1, 0.15) is 11.1 Å². The van der Waals surface area contributed by atoms with Crippen LogP contribution in [0.2, 0.25) is 0 Å².